The number of hydrogen-bond donors (Lipinski definition) is 2. The fourth-order valence-corrected chi connectivity index (χ4v) is 3.11. The number of carbonyl (C=O) groups excluding carboxylic acids is 1. The predicted molar refractivity (Wildman–Crippen MR) is 69.1 cm³/mol. The van der Waals surface area contributed by atoms with Crippen molar-refractivity contribution in [3.8, 4) is 0 Å². The Hall–Kier alpha value is -0.610. The quantitative estimate of drug-likeness (QED) is 0.782. The summed E-state index contributed by atoms with van der Waals surface area (Å²) in [6.45, 7) is 1.77. The summed E-state index contributed by atoms with van der Waals surface area (Å²) >= 11 is 0. The van der Waals surface area contributed by atoms with Crippen LogP contribution in [-0.4, -0.2) is 36.9 Å². The lowest BCUT2D eigenvalue weighted by Crippen LogP contribution is -2.34. The first-order chi connectivity index (χ1) is 8.79. The first-order valence-electron chi connectivity index (χ1n) is 7.28. The molecule has 2 rings (SSSR count). The van der Waals surface area contributed by atoms with Crippen LogP contribution in [0.5, 0.6) is 0 Å². The molecule has 2 N–H and O–H groups in total. The molecule has 2 aliphatic rings. The van der Waals surface area contributed by atoms with Crippen molar-refractivity contribution in [1.29, 1.82) is 0 Å². The molecule has 1 heterocycles. The van der Waals surface area contributed by atoms with Gasteiger partial charge in [-0.15, -0.1) is 0 Å². The van der Waals surface area contributed by atoms with Gasteiger partial charge in [-0.05, 0) is 43.9 Å². The molecule has 3 atom stereocenters. The van der Waals surface area contributed by atoms with Crippen LogP contribution in [0.1, 0.15) is 44.9 Å². The molecule has 1 saturated carbocycles. The van der Waals surface area contributed by atoms with Gasteiger partial charge in [0.05, 0.1) is 12.5 Å². The van der Waals surface area contributed by atoms with Crippen LogP contribution in [0.3, 0.4) is 0 Å². The van der Waals surface area contributed by atoms with Crippen LogP contribution in [0.4, 0.5) is 0 Å². The monoisotopic (exact) mass is 255 g/mol. The molecule has 2 fully saturated rings. The van der Waals surface area contributed by atoms with Crippen molar-refractivity contribution in [2.75, 3.05) is 19.8 Å². The van der Waals surface area contributed by atoms with E-state index in [2.05, 4.69) is 5.32 Å². The number of aliphatic hydroxyl groups is 1. The Bertz CT molecular complexity index is 264. The largest absolute Gasteiger partial charge is 0.396 e. The fraction of sp³-hybridized carbons (Fsp3) is 0.929. The van der Waals surface area contributed by atoms with E-state index < -0.39 is 0 Å². The number of carbonyl (C=O) groups is 1. The van der Waals surface area contributed by atoms with Crippen LogP contribution in [0, 0.1) is 11.8 Å². The Labute approximate surface area is 109 Å². The normalized spacial score (nSPS) is 32.4. The summed E-state index contributed by atoms with van der Waals surface area (Å²) in [6.07, 6.45) is 7.33. The first kappa shape index (κ1) is 13.8. The zero-order chi connectivity index (χ0) is 12.8. The van der Waals surface area contributed by atoms with Gasteiger partial charge in [-0.25, -0.2) is 0 Å². The van der Waals surface area contributed by atoms with E-state index in [1.54, 1.807) is 0 Å². The Kier molecular flexibility index (Phi) is 5.45. The van der Waals surface area contributed by atoms with E-state index in [4.69, 9.17) is 4.74 Å². The lowest BCUT2D eigenvalue weighted by atomic mass is 9.97. The second-order valence-corrected chi connectivity index (χ2v) is 5.63. The van der Waals surface area contributed by atoms with Gasteiger partial charge in [0.15, 0.2) is 0 Å². The van der Waals surface area contributed by atoms with E-state index in [9.17, 15) is 9.90 Å². The summed E-state index contributed by atoms with van der Waals surface area (Å²) < 4.78 is 5.56. The average Bonchev–Trinajstić information content (AvgIpc) is 2.85. The van der Waals surface area contributed by atoms with Crippen molar-refractivity contribution in [3.05, 3.63) is 0 Å². The molecule has 1 aliphatic heterocycles. The van der Waals surface area contributed by atoms with Gasteiger partial charge in [-0.3, -0.25) is 4.79 Å². The summed E-state index contributed by atoms with van der Waals surface area (Å²) in [5.41, 5.74) is 0. The van der Waals surface area contributed by atoms with Gasteiger partial charge >= 0.3 is 0 Å². The van der Waals surface area contributed by atoms with Crippen molar-refractivity contribution in [3.63, 3.8) is 0 Å². The van der Waals surface area contributed by atoms with Crippen LogP contribution < -0.4 is 5.32 Å². The topological polar surface area (TPSA) is 58.6 Å². The summed E-state index contributed by atoms with van der Waals surface area (Å²) in [7, 11) is 0. The van der Waals surface area contributed by atoms with Crippen LogP contribution in [-0.2, 0) is 9.53 Å². The first-order valence-corrected chi connectivity index (χ1v) is 7.28. The second kappa shape index (κ2) is 7.10. The maximum atomic E-state index is 11.8. The molecular formula is C14H25NO3. The molecule has 1 aliphatic carbocycles. The molecule has 0 aromatic heterocycles. The highest BCUT2D eigenvalue weighted by atomic mass is 16.5. The summed E-state index contributed by atoms with van der Waals surface area (Å²) in [5, 5.41) is 12.2. The number of amides is 1. The summed E-state index contributed by atoms with van der Waals surface area (Å²) in [6, 6.07) is 0. The van der Waals surface area contributed by atoms with Crippen LogP contribution in [0.15, 0.2) is 0 Å². The highest BCUT2D eigenvalue weighted by molar-refractivity contribution is 5.76. The molecule has 104 valence electrons. The minimum atomic E-state index is 0.102. The highest BCUT2D eigenvalue weighted by Crippen LogP contribution is 2.30. The lowest BCUT2D eigenvalue weighted by molar-refractivity contribution is -0.125. The van der Waals surface area contributed by atoms with E-state index in [-0.39, 0.29) is 18.6 Å². The number of ether oxygens (including phenoxy) is 1. The number of rotatable bonds is 5. The summed E-state index contributed by atoms with van der Waals surface area (Å²) in [5.74, 6) is 0.952. The maximum Gasteiger partial charge on any atom is 0.222 e. The van der Waals surface area contributed by atoms with E-state index in [0.717, 1.165) is 38.8 Å². The molecule has 1 saturated heterocycles. The maximum absolute atomic E-state index is 11.8. The van der Waals surface area contributed by atoms with Crippen molar-refractivity contribution in [1.82, 2.24) is 5.32 Å². The third kappa shape index (κ3) is 3.95. The SMILES string of the molecule is O=C(CC1CCCCO1)NCC1CCCC1CO. The van der Waals surface area contributed by atoms with Crippen LogP contribution >= 0.6 is 0 Å². The molecule has 0 aromatic rings. The molecular weight excluding hydrogens is 230 g/mol. The molecule has 3 unspecified atom stereocenters. The highest BCUT2D eigenvalue weighted by Gasteiger charge is 2.27. The van der Waals surface area contributed by atoms with Crippen molar-refractivity contribution < 1.29 is 14.6 Å². The third-order valence-electron chi connectivity index (χ3n) is 4.30. The van der Waals surface area contributed by atoms with Gasteiger partial charge in [0.25, 0.3) is 0 Å². The fourth-order valence-electron chi connectivity index (χ4n) is 3.11. The van der Waals surface area contributed by atoms with Crippen molar-refractivity contribution in [2.45, 2.75) is 51.0 Å². The average molecular weight is 255 g/mol. The molecule has 4 heteroatoms. The van der Waals surface area contributed by atoms with E-state index in [1.807, 2.05) is 0 Å². The Balaban J connectivity index is 1.64. The van der Waals surface area contributed by atoms with Gasteiger partial charge in [0.1, 0.15) is 0 Å². The van der Waals surface area contributed by atoms with Gasteiger partial charge in [-0.1, -0.05) is 6.42 Å². The van der Waals surface area contributed by atoms with E-state index >= 15 is 0 Å². The summed E-state index contributed by atoms with van der Waals surface area (Å²) in [4.78, 5) is 11.8. The Morgan fingerprint density at radius 3 is 2.72 bits per heavy atom. The Morgan fingerprint density at radius 2 is 2.00 bits per heavy atom. The Morgan fingerprint density at radius 1 is 1.17 bits per heavy atom. The van der Waals surface area contributed by atoms with Gasteiger partial charge in [-0.2, -0.15) is 0 Å². The smallest absolute Gasteiger partial charge is 0.222 e. The molecule has 0 spiro atoms. The molecule has 0 radical (unpaired) electrons. The molecule has 4 nitrogen and oxygen atoms in total. The van der Waals surface area contributed by atoms with Crippen LogP contribution in [0.2, 0.25) is 0 Å². The van der Waals surface area contributed by atoms with Crippen molar-refractivity contribution >= 4 is 5.91 Å². The number of aliphatic hydroxyl groups excluding tert-OH is 1. The standard InChI is InChI=1S/C14H25NO3/c16-10-12-5-3-4-11(12)9-15-14(17)8-13-6-1-2-7-18-13/h11-13,16H,1-10H2,(H,15,17). The molecule has 1 amide bonds. The van der Waals surface area contributed by atoms with Gasteiger partial charge in [0, 0.05) is 19.8 Å². The second-order valence-electron chi connectivity index (χ2n) is 5.63. The lowest BCUT2D eigenvalue weighted by Gasteiger charge is -2.23. The molecule has 18 heavy (non-hydrogen) atoms. The van der Waals surface area contributed by atoms with Crippen molar-refractivity contribution in [2.24, 2.45) is 11.8 Å². The minimum Gasteiger partial charge on any atom is -0.396 e. The molecule has 0 aromatic carbocycles. The third-order valence-corrected chi connectivity index (χ3v) is 4.30. The number of hydrogen-bond acceptors (Lipinski definition) is 3. The minimum absolute atomic E-state index is 0.102. The zero-order valence-electron chi connectivity index (χ0n) is 11.1. The predicted octanol–water partition coefficient (Wildman–Crippen LogP) is 1.47. The van der Waals surface area contributed by atoms with E-state index in [0.29, 0.717) is 18.3 Å². The van der Waals surface area contributed by atoms with E-state index in [1.165, 1.54) is 12.8 Å². The molecule has 0 bridgehead atoms. The zero-order valence-corrected chi connectivity index (χ0v) is 11.1. The number of nitrogens with one attached hydrogen (secondary N) is 1. The van der Waals surface area contributed by atoms with Crippen LogP contribution in [0.25, 0.3) is 0 Å². The van der Waals surface area contributed by atoms with Gasteiger partial charge in [0.2, 0.25) is 5.91 Å². The van der Waals surface area contributed by atoms with Gasteiger partial charge < -0.3 is 15.2 Å².